The molecule has 1 N–H and O–H groups in total. The Hall–Kier alpha value is -1.05. The third kappa shape index (κ3) is 3.34. The summed E-state index contributed by atoms with van der Waals surface area (Å²) in [6.45, 7) is 2.41. The molecule has 110 valence electrons. The first-order valence-electron chi connectivity index (χ1n) is 6.01. The van der Waals surface area contributed by atoms with E-state index >= 15 is 0 Å². The van der Waals surface area contributed by atoms with Gasteiger partial charge in [-0.2, -0.15) is 0 Å². The van der Waals surface area contributed by atoms with Gasteiger partial charge in [-0.1, -0.05) is 0 Å². The summed E-state index contributed by atoms with van der Waals surface area (Å²) >= 11 is 3.02. The van der Waals surface area contributed by atoms with Gasteiger partial charge in [0.25, 0.3) is 0 Å². The van der Waals surface area contributed by atoms with Gasteiger partial charge in [0, 0.05) is 25.2 Å². The van der Waals surface area contributed by atoms with Crippen molar-refractivity contribution in [2.75, 3.05) is 19.7 Å². The molecule has 4 nitrogen and oxygen atoms in total. The molecule has 1 fully saturated rings. The number of carboxylic acid groups (broad SMARTS) is 1. The fourth-order valence-electron chi connectivity index (χ4n) is 2.28. The Morgan fingerprint density at radius 1 is 1.50 bits per heavy atom. The summed E-state index contributed by atoms with van der Waals surface area (Å²) in [5.74, 6) is -2.23. The first-order valence-corrected chi connectivity index (χ1v) is 6.80. The second kappa shape index (κ2) is 5.75. The molecule has 0 aliphatic carbocycles. The standard InChI is InChI=1S/C13H14BrF2NO3/c1-13(20-5-11(18)19)6-17(7-13)4-8-10(15)3-2-9(14)12(8)16/h2-3H,4-7H2,1H3,(H,18,19). The van der Waals surface area contributed by atoms with Crippen LogP contribution in [-0.2, 0) is 16.1 Å². The zero-order valence-corrected chi connectivity index (χ0v) is 12.4. The Kier molecular flexibility index (Phi) is 4.41. The number of carbonyl (C=O) groups is 1. The van der Waals surface area contributed by atoms with Crippen molar-refractivity contribution in [2.24, 2.45) is 0 Å². The van der Waals surface area contributed by atoms with Crippen molar-refractivity contribution in [2.45, 2.75) is 19.1 Å². The van der Waals surface area contributed by atoms with Crippen molar-refractivity contribution in [3.63, 3.8) is 0 Å². The van der Waals surface area contributed by atoms with Gasteiger partial charge in [0.15, 0.2) is 0 Å². The highest BCUT2D eigenvalue weighted by Gasteiger charge is 2.40. The number of rotatable bonds is 5. The van der Waals surface area contributed by atoms with Gasteiger partial charge in [-0.3, -0.25) is 4.90 Å². The smallest absolute Gasteiger partial charge is 0.329 e. The summed E-state index contributed by atoms with van der Waals surface area (Å²) < 4.78 is 32.9. The average Bonchev–Trinajstić information content (AvgIpc) is 2.34. The molecule has 0 atom stereocenters. The zero-order chi connectivity index (χ0) is 14.9. The summed E-state index contributed by atoms with van der Waals surface area (Å²) in [7, 11) is 0. The van der Waals surface area contributed by atoms with E-state index in [0.29, 0.717) is 13.1 Å². The van der Waals surface area contributed by atoms with Crippen molar-refractivity contribution in [3.05, 3.63) is 33.8 Å². The predicted molar refractivity (Wildman–Crippen MR) is 71.3 cm³/mol. The second-order valence-corrected chi connectivity index (χ2v) is 5.95. The second-order valence-electron chi connectivity index (χ2n) is 5.10. The van der Waals surface area contributed by atoms with E-state index in [0.717, 1.165) is 0 Å². The Bertz CT molecular complexity index is 533. The number of hydrogen-bond donors (Lipinski definition) is 1. The van der Waals surface area contributed by atoms with Crippen LogP contribution in [0.2, 0.25) is 0 Å². The molecule has 1 aliphatic rings. The summed E-state index contributed by atoms with van der Waals surface area (Å²) in [5.41, 5.74) is -0.572. The van der Waals surface area contributed by atoms with Crippen molar-refractivity contribution < 1.29 is 23.4 Å². The SMILES string of the molecule is CC1(OCC(=O)O)CN(Cc2c(F)ccc(Br)c2F)C1. The van der Waals surface area contributed by atoms with E-state index in [1.165, 1.54) is 12.1 Å². The van der Waals surface area contributed by atoms with Crippen LogP contribution in [0.25, 0.3) is 0 Å². The van der Waals surface area contributed by atoms with E-state index < -0.39 is 23.2 Å². The molecule has 0 bridgehead atoms. The van der Waals surface area contributed by atoms with Crippen molar-refractivity contribution >= 4 is 21.9 Å². The van der Waals surface area contributed by atoms with Gasteiger partial charge in [0.2, 0.25) is 0 Å². The van der Waals surface area contributed by atoms with E-state index in [1.54, 1.807) is 11.8 Å². The van der Waals surface area contributed by atoms with Crippen LogP contribution < -0.4 is 0 Å². The van der Waals surface area contributed by atoms with Crippen LogP contribution in [-0.4, -0.2) is 41.3 Å². The van der Waals surface area contributed by atoms with Crippen molar-refractivity contribution in [1.82, 2.24) is 4.90 Å². The first kappa shape index (κ1) is 15.3. The zero-order valence-electron chi connectivity index (χ0n) is 10.8. The third-order valence-electron chi connectivity index (χ3n) is 3.18. The van der Waals surface area contributed by atoms with E-state index in [1.807, 2.05) is 0 Å². The van der Waals surface area contributed by atoms with Crippen LogP contribution >= 0.6 is 15.9 Å². The molecule has 1 aromatic carbocycles. The topological polar surface area (TPSA) is 49.8 Å². The highest BCUT2D eigenvalue weighted by molar-refractivity contribution is 9.10. The number of aliphatic carboxylic acids is 1. The van der Waals surface area contributed by atoms with Crippen LogP contribution in [0, 0.1) is 11.6 Å². The molecule has 2 rings (SSSR count). The maximum absolute atomic E-state index is 13.8. The molecule has 0 saturated carbocycles. The van der Waals surface area contributed by atoms with Crippen molar-refractivity contribution in [1.29, 1.82) is 0 Å². The van der Waals surface area contributed by atoms with Crippen LogP contribution in [0.15, 0.2) is 16.6 Å². The Balaban J connectivity index is 1.95. The van der Waals surface area contributed by atoms with Gasteiger partial charge in [0.05, 0.1) is 10.1 Å². The fourth-order valence-corrected chi connectivity index (χ4v) is 2.65. The molecule has 0 spiro atoms. The third-order valence-corrected chi connectivity index (χ3v) is 3.79. The number of hydrogen-bond acceptors (Lipinski definition) is 3. The molecule has 1 aromatic rings. The maximum Gasteiger partial charge on any atom is 0.329 e. The van der Waals surface area contributed by atoms with Crippen LogP contribution in [0.4, 0.5) is 8.78 Å². The molecule has 7 heteroatoms. The van der Waals surface area contributed by atoms with Gasteiger partial charge < -0.3 is 9.84 Å². The molecule has 0 amide bonds. The number of likely N-dealkylation sites (tertiary alicyclic amines) is 1. The van der Waals surface area contributed by atoms with Gasteiger partial charge >= 0.3 is 5.97 Å². The van der Waals surface area contributed by atoms with E-state index in [-0.39, 0.29) is 23.2 Å². The molecule has 1 saturated heterocycles. The first-order chi connectivity index (χ1) is 9.31. The van der Waals surface area contributed by atoms with E-state index in [9.17, 15) is 13.6 Å². The largest absolute Gasteiger partial charge is 0.480 e. The Morgan fingerprint density at radius 3 is 2.75 bits per heavy atom. The Morgan fingerprint density at radius 2 is 2.15 bits per heavy atom. The molecule has 20 heavy (non-hydrogen) atoms. The van der Waals surface area contributed by atoms with Gasteiger partial charge in [-0.05, 0) is 35.0 Å². The lowest BCUT2D eigenvalue weighted by Crippen LogP contribution is -2.61. The quantitative estimate of drug-likeness (QED) is 0.829. The molecule has 0 unspecified atom stereocenters. The normalized spacial score (nSPS) is 17.8. The van der Waals surface area contributed by atoms with Gasteiger partial charge in [0.1, 0.15) is 18.2 Å². The van der Waals surface area contributed by atoms with Crippen LogP contribution in [0.3, 0.4) is 0 Å². The molecule has 0 radical (unpaired) electrons. The molecule has 1 heterocycles. The number of benzene rings is 1. The average molecular weight is 350 g/mol. The molecule has 0 aromatic heterocycles. The number of ether oxygens (including phenoxy) is 1. The lowest BCUT2D eigenvalue weighted by molar-refractivity contribution is -0.165. The fraction of sp³-hybridized carbons (Fsp3) is 0.462. The summed E-state index contributed by atoms with van der Waals surface area (Å²) in [6, 6.07) is 2.53. The highest BCUT2D eigenvalue weighted by atomic mass is 79.9. The van der Waals surface area contributed by atoms with Crippen molar-refractivity contribution in [3.8, 4) is 0 Å². The number of nitrogens with zero attached hydrogens (tertiary/aromatic N) is 1. The Labute approximate surface area is 123 Å². The maximum atomic E-state index is 13.8. The van der Waals surface area contributed by atoms with Gasteiger partial charge in [-0.15, -0.1) is 0 Å². The minimum atomic E-state index is -1.03. The highest BCUT2D eigenvalue weighted by Crippen LogP contribution is 2.29. The predicted octanol–water partition coefficient (Wildman–Crippen LogP) is 2.40. The summed E-state index contributed by atoms with van der Waals surface area (Å²) in [6.07, 6.45) is 0. The van der Waals surface area contributed by atoms with Crippen LogP contribution in [0.1, 0.15) is 12.5 Å². The van der Waals surface area contributed by atoms with Crippen LogP contribution in [0.5, 0.6) is 0 Å². The monoisotopic (exact) mass is 349 g/mol. The molecule has 1 aliphatic heterocycles. The van der Waals surface area contributed by atoms with Gasteiger partial charge in [-0.25, -0.2) is 13.6 Å². The summed E-state index contributed by atoms with van der Waals surface area (Å²) in [5, 5.41) is 8.56. The molecular formula is C13H14BrF2NO3. The lowest BCUT2D eigenvalue weighted by Gasteiger charge is -2.47. The van der Waals surface area contributed by atoms with E-state index in [2.05, 4.69) is 15.9 Å². The van der Waals surface area contributed by atoms with E-state index in [4.69, 9.17) is 9.84 Å². The minimum Gasteiger partial charge on any atom is -0.480 e. The molecular weight excluding hydrogens is 336 g/mol. The lowest BCUT2D eigenvalue weighted by atomic mass is 9.95. The minimum absolute atomic E-state index is 0.000315. The number of carboxylic acids is 1. The summed E-state index contributed by atoms with van der Waals surface area (Å²) in [4.78, 5) is 12.2. The number of halogens is 3.